The normalized spacial score (nSPS) is 20.8. The molecule has 0 aromatic carbocycles. The third kappa shape index (κ3) is 3.53. The average molecular weight is 251 g/mol. The first-order valence-corrected chi connectivity index (χ1v) is 6.63. The highest BCUT2D eigenvalue weighted by Crippen LogP contribution is 2.15. The van der Waals surface area contributed by atoms with Gasteiger partial charge < -0.3 is 10.2 Å². The van der Waals surface area contributed by atoms with Crippen molar-refractivity contribution in [3.63, 3.8) is 0 Å². The van der Waals surface area contributed by atoms with E-state index in [0.717, 1.165) is 32.5 Å². The lowest BCUT2D eigenvalue weighted by molar-refractivity contribution is -0.126. The number of aromatic nitrogens is 3. The molecular formula is C12H21N5O. The van der Waals surface area contributed by atoms with Gasteiger partial charge in [0.2, 0.25) is 5.91 Å². The minimum absolute atomic E-state index is 0.148. The first-order valence-electron chi connectivity index (χ1n) is 6.63. The van der Waals surface area contributed by atoms with Crippen LogP contribution in [0, 0.1) is 5.92 Å². The van der Waals surface area contributed by atoms with Crippen LogP contribution in [0.2, 0.25) is 0 Å². The van der Waals surface area contributed by atoms with Crippen molar-refractivity contribution >= 4 is 5.91 Å². The van der Waals surface area contributed by atoms with Crippen LogP contribution < -0.4 is 5.32 Å². The lowest BCUT2D eigenvalue weighted by Gasteiger charge is -2.30. The van der Waals surface area contributed by atoms with Crippen molar-refractivity contribution in [3.8, 4) is 0 Å². The van der Waals surface area contributed by atoms with E-state index in [-0.39, 0.29) is 11.8 Å². The van der Waals surface area contributed by atoms with Gasteiger partial charge in [-0.1, -0.05) is 12.1 Å². The van der Waals surface area contributed by atoms with E-state index in [1.807, 2.05) is 0 Å². The Balaban J connectivity index is 1.70. The summed E-state index contributed by atoms with van der Waals surface area (Å²) in [5.74, 6) is 0.322. The van der Waals surface area contributed by atoms with Crippen LogP contribution in [-0.4, -0.2) is 52.0 Å². The third-order valence-electron chi connectivity index (χ3n) is 3.44. The van der Waals surface area contributed by atoms with E-state index in [9.17, 15) is 4.79 Å². The van der Waals surface area contributed by atoms with Crippen LogP contribution in [0.15, 0.2) is 12.4 Å². The molecule has 2 heterocycles. The van der Waals surface area contributed by atoms with Gasteiger partial charge in [0.05, 0.1) is 18.7 Å². The van der Waals surface area contributed by atoms with E-state index in [4.69, 9.17) is 0 Å². The van der Waals surface area contributed by atoms with Crippen LogP contribution >= 0.6 is 0 Å². The maximum Gasteiger partial charge on any atom is 0.224 e. The fourth-order valence-electron chi connectivity index (χ4n) is 2.35. The van der Waals surface area contributed by atoms with E-state index in [0.29, 0.717) is 13.1 Å². The summed E-state index contributed by atoms with van der Waals surface area (Å²) in [6.07, 6.45) is 5.56. The van der Waals surface area contributed by atoms with Crippen molar-refractivity contribution in [2.45, 2.75) is 26.3 Å². The highest BCUT2D eigenvalue weighted by atomic mass is 16.1. The molecule has 1 unspecified atom stereocenters. The molecule has 18 heavy (non-hydrogen) atoms. The number of nitrogens with one attached hydrogen (secondary N) is 1. The minimum Gasteiger partial charge on any atom is -0.354 e. The summed E-state index contributed by atoms with van der Waals surface area (Å²) >= 11 is 0. The summed E-state index contributed by atoms with van der Waals surface area (Å²) < 4.78 is 1.72. The lowest BCUT2D eigenvalue weighted by atomic mass is 9.97. The fourth-order valence-corrected chi connectivity index (χ4v) is 2.35. The Labute approximate surface area is 107 Å². The maximum atomic E-state index is 12.0. The Bertz CT molecular complexity index is 365. The maximum absolute atomic E-state index is 12.0. The highest BCUT2D eigenvalue weighted by molar-refractivity contribution is 5.78. The summed E-state index contributed by atoms with van der Waals surface area (Å²) in [5.41, 5.74) is 0. The van der Waals surface area contributed by atoms with Gasteiger partial charge in [0.1, 0.15) is 0 Å². The van der Waals surface area contributed by atoms with E-state index < -0.39 is 0 Å². The van der Waals surface area contributed by atoms with Crippen molar-refractivity contribution in [2.75, 3.05) is 26.2 Å². The molecule has 1 fully saturated rings. The van der Waals surface area contributed by atoms with Gasteiger partial charge in [-0.2, -0.15) is 0 Å². The number of carbonyl (C=O) groups is 1. The van der Waals surface area contributed by atoms with Gasteiger partial charge in [-0.3, -0.25) is 9.48 Å². The number of piperidine rings is 1. The quantitative estimate of drug-likeness (QED) is 0.808. The molecule has 1 aliphatic heterocycles. The van der Waals surface area contributed by atoms with Crippen LogP contribution in [0.25, 0.3) is 0 Å². The molecule has 1 saturated heterocycles. The molecule has 100 valence electrons. The van der Waals surface area contributed by atoms with Gasteiger partial charge >= 0.3 is 0 Å². The van der Waals surface area contributed by atoms with Crippen LogP contribution in [0.5, 0.6) is 0 Å². The molecule has 0 saturated carbocycles. The standard InChI is InChI=1S/C12H21N5O/c1-2-16-7-3-4-11(10-16)12(18)13-5-8-17-9-6-14-15-17/h6,9,11H,2-5,7-8,10H2,1H3,(H,13,18). The second-order valence-corrected chi connectivity index (χ2v) is 4.69. The van der Waals surface area contributed by atoms with E-state index in [1.54, 1.807) is 17.1 Å². The topological polar surface area (TPSA) is 63.1 Å². The largest absolute Gasteiger partial charge is 0.354 e. The summed E-state index contributed by atoms with van der Waals surface area (Å²) in [4.78, 5) is 14.3. The Morgan fingerprint density at radius 2 is 2.44 bits per heavy atom. The molecule has 0 bridgehead atoms. The van der Waals surface area contributed by atoms with Crippen molar-refractivity contribution < 1.29 is 4.79 Å². The van der Waals surface area contributed by atoms with Crippen LogP contribution in [0.1, 0.15) is 19.8 Å². The van der Waals surface area contributed by atoms with E-state index >= 15 is 0 Å². The molecule has 1 aromatic heterocycles. The second-order valence-electron chi connectivity index (χ2n) is 4.69. The number of hydrogen-bond donors (Lipinski definition) is 1. The highest BCUT2D eigenvalue weighted by Gasteiger charge is 2.24. The number of nitrogens with zero attached hydrogens (tertiary/aromatic N) is 4. The van der Waals surface area contributed by atoms with Gasteiger partial charge in [0.15, 0.2) is 0 Å². The Morgan fingerprint density at radius 1 is 1.56 bits per heavy atom. The van der Waals surface area contributed by atoms with Gasteiger partial charge in [-0.05, 0) is 25.9 Å². The van der Waals surface area contributed by atoms with Crippen LogP contribution in [0.4, 0.5) is 0 Å². The van der Waals surface area contributed by atoms with Gasteiger partial charge in [0.25, 0.3) is 0 Å². The van der Waals surface area contributed by atoms with Crippen molar-refractivity contribution in [1.82, 2.24) is 25.2 Å². The Kier molecular flexibility index (Phi) is 4.69. The Hall–Kier alpha value is -1.43. The minimum atomic E-state index is 0.148. The molecular weight excluding hydrogens is 230 g/mol. The zero-order valence-electron chi connectivity index (χ0n) is 10.9. The lowest BCUT2D eigenvalue weighted by Crippen LogP contribution is -2.43. The number of carbonyl (C=O) groups excluding carboxylic acids is 1. The zero-order chi connectivity index (χ0) is 12.8. The average Bonchev–Trinajstić information content (AvgIpc) is 2.92. The van der Waals surface area contributed by atoms with Crippen molar-refractivity contribution in [2.24, 2.45) is 5.92 Å². The predicted molar refractivity (Wildman–Crippen MR) is 67.9 cm³/mol. The van der Waals surface area contributed by atoms with E-state index in [2.05, 4.69) is 27.5 Å². The second kappa shape index (κ2) is 6.49. The zero-order valence-corrected chi connectivity index (χ0v) is 10.9. The van der Waals surface area contributed by atoms with E-state index in [1.165, 1.54) is 0 Å². The molecule has 1 amide bonds. The van der Waals surface area contributed by atoms with Crippen LogP contribution in [0.3, 0.4) is 0 Å². The Morgan fingerprint density at radius 3 is 3.17 bits per heavy atom. The van der Waals surface area contributed by atoms with Crippen LogP contribution in [-0.2, 0) is 11.3 Å². The molecule has 1 atom stereocenters. The summed E-state index contributed by atoms with van der Waals surface area (Å²) in [5, 5.41) is 10.6. The monoisotopic (exact) mass is 251 g/mol. The molecule has 6 nitrogen and oxygen atoms in total. The smallest absolute Gasteiger partial charge is 0.224 e. The fraction of sp³-hybridized carbons (Fsp3) is 0.750. The summed E-state index contributed by atoms with van der Waals surface area (Å²) in [6.45, 7) is 6.49. The predicted octanol–water partition coefficient (Wildman–Crippen LogP) is 0.126. The molecule has 1 N–H and O–H groups in total. The summed E-state index contributed by atoms with van der Waals surface area (Å²) in [6, 6.07) is 0. The first kappa shape index (κ1) is 13.0. The molecule has 0 aliphatic carbocycles. The van der Waals surface area contributed by atoms with Crippen molar-refractivity contribution in [3.05, 3.63) is 12.4 Å². The number of hydrogen-bond acceptors (Lipinski definition) is 4. The molecule has 0 radical (unpaired) electrons. The van der Waals surface area contributed by atoms with Gasteiger partial charge in [-0.25, -0.2) is 0 Å². The summed E-state index contributed by atoms with van der Waals surface area (Å²) in [7, 11) is 0. The molecule has 1 aromatic rings. The number of likely N-dealkylation sites (tertiary alicyclic amines) is 1. The number of rotatable bonds is 5. The molecule has 6 heteroatoms. The molecule has 1 aliphatic rings. The molecule has 2 rings (SSSR count). The van der Waals surface area contributed by atoms with Gasteiger partial charge in [0, 0.05) is 19.3 Å². The third-order valence-corrected chi connectivity index (χ3v) is 3.44. The molecule has 0 spiro atoms. The van der Waals surface area contributed by atoms with Gasteiger partial charge in [-0.15, -0.1) is 5.10 Å². The first-order chi connectivity index (χ1) is 8.79. The SMILES string of the molecule is CCN1CCCC(C(=O)NCCn2ccnn2)C1. The van der Waals surface area contributed by atoms with Crippen molar-refractivity contribution in [1.29, 1.82) is 0 Å². The number of amides is 1.